The first-order chi connectivity index (χ1) is 8.96. The van der Waals surface area contributed by atoms with Gasteiger partial charge in [-0.3, -0.25) is 25.0 Å². The monoisotopic (exact) mass is 267 g/mol. The van der Waals surface area contributed by atoms with E-state index in [1.165, 1.54) is 4.90 Å². The van der Waals surface area contributed by atoms with Crippen LogP contribution < -0.4 is 4.90 Å². The predicted octanol–water partition coefficient (Wildman–Crippen LogP) is 2.16. The molecule has 0 aliphatic rings. The van der Waals surface area contributed by atoms with Crippen LogP contribution in [0.2, 0.25) is 0 Å². The second-order valence-corrected chi connectivity index (χ2v) is 3.71. The number of nitro benzene ring substituents is 2. The summed E-state index contributed by atoms with van der Waals surface area (Å²) in [5.41, 5.74) is -1.01. The number of hydrogen-bond acceptors (Lipinski definition) is 6. The highest BCUT2D eigenvalue weighted by molar-refractivity contribution is 5.85. The number of hydrogen-bond donors (Lipinski definition) is 0. The minimum Gasteiger partial charge on any atom is -0.361 e. The van der Waals surface area contributed by atoms with Crippen molar-refractivity contribution < 1.29 is 14.6 Å². The fourth-order valence-electron chi connectivity index (χ4n) is 1.84. The number of carbonyl (C=O) groups excluding carboxylic acids is 1. The Morgan fingerprint density at radius 3 is 1.79 bits per heavy atom. The van der Waals surface area contributed by atoms with Crippen molar-refractivity contribution >= 4 is 23.3 Å². The van der Waals surface area contributed by atoms with E-state index in [2.05, 4.69) is 0 Å². The largest absolute Gasteiger partial charge is 0.361 e. The van der Waals surface area contributed by atoms with E-state index in [0.717, 1.165) is 12.1 Å². The second kappa shape index (κ2) is 5.89. The van der Waals surface area contributed by atoms with Gasteiger partial charge in [-0.1, -0.05) is 0 Å². The molecule has 0 aromatic heterocycles. The molecule has 0 saturated heterocycles. The van der Waals surface area contributed by atoms with E-state index in [-0.39, 0.29) is 11.3 Å². The Morgan fingerprint density at radius 1 is 1.11 bits per heavy atom. The summed E-state index contributed by atoms with van der Waals surface area (Å²) in [4.78, 5) is 32.9. The van der Waals surface area contributed by atoms with Gasteiger partial charge < -0.3 is 4.90 Å². The molecule has 8 heteroatoms. The van der Waals surface area contributed by atoms with Crippen LogP contribution in [0.1, 0.15) is 24.2 Å². The summed E-state index contributed by atoms with van der Waals surface area (Å²) in [5.74, 6) is 0. The molecule has 0 aliphatic carbocycles. The summed E-state index contributed by atoms with van der Waals surface area (Å²) in [7, 11) is 0. The van der Waals surface area contributed by atoms with Crippen LogP contribution in [0.4, 0.5) is 17.1 Å². The van der Waals surface area contributed by atoms with Gasteiger partial charge in [0.15, 0.2) is 12.0 Å². The lowest BCUT2D eigenvalue weighted by molar-refractivity contribution is -0.392. The summed E-state index contributed by atoms with van der Waals surface area (Å²) in [6, 6.07) is 2.10. The summed E-state index contributed by atoms with van der Waals surface area (Å²) in [6.45, 7) is 4.26. The number of rotatable bonds is 6. The highest BCUT2D eigenvalue weighted by Gasteiger charge is 2.29. The minimum absolute atomic E-state index is 0.0643. The molecule has 8 nitrogen and oxygen atoms in total. The van der Waals surface area contributed by atoms with Crippen LogP contribution in [-0.4, -0.2) is 29.2 Å². The van der Waals surface area contributed by atoms with Gasteiger partial charge in [0, 0.05) is 30.8 Å². The molecule has 0 N–H and O–H groups in total. The fraction of sp³-hybridized carbons (Fsp3) is 0.364. The third-order valence-electron chi connectivity index (χ3n) is 2.70. The minimum atomic E-state index is -0.715. The first kappa shape index (κ1) is 14.6. The van der Waals surface area contributed by atoms with Gasteiger partial charge in [0.05, 0.1) is 9.85 Å². The summed E-state index contributed by atoms with van der Waals surface area (Å²) in [5, 5.41) is 22.1. The third-order valence-corrected chi connectivity index (χ3v) is 2.70. The summed E-state index contributed by atoms with van der Waals surface area (Å²) < 4.78 is 0. The van der Waals surface area contributed by atoms with Crippen molar-refractivity contribution in [2.75, 3.05) is 18.0 Å². The normalized spacial score (nSPS) is 10.0. The smallest absolute Gasteiger partial charge is 0.300 e. The molecule has 19 heavy (non-hydrogen) atoms. The zero-order valence-electron chi connectivity index (χ0n) is 10.5. The molecule has 0 aliphatic heterocycles. The Bertz CT molecular complexity index is 490. The highest BCUT2D eigenvalue weighted by atomic mass is 16.6. The molecule has 0 heterocycles. The Kier molecular flexibility index (Phi) is 4.51. The van der Waals surface area contributed by atoms with E-state index >= 15 is 0 Å². The van der Waals surface area contributed by atoms with Crippen LogP contribution in [0.25, 0.3) is 0 Å². The van der Waals surface area contributed by atoms with Gasteiger partial charge in [-0.05, 0) is 13.8 Å². The second-order valence-electron chi connectivity index (χ2n) is 3.71. The lowest BCUT2D eigenvalue weighted by atomic mass is 10.1. The van der Waals surface area contributed by atoms with E-state index < -0.39 is 21.2 Å². The molecule has 0 saturated carbocycles. The Hall–Kier alpha value is -2.51. The molecule has 1 aromatic carbocycles. The Balaban J connectivity index is 3.67. The fourth-order valence-corrected chi connectivity index (χ4v) is 1.84. The first-order valence-corrected chi connectivity index (χ1v) is 5.63. The van der Waals surface area contributed by atoms with Gasteiger partial charge in [0.25, 0.3) is 11.4 Å². The van der Waals surface area contributed by atoms with Crippen molar-refractivity contribution in [3.63, 3.8) is 0 Å². The summed E-state index contributed by atoms with van der Waals surface area (Å²) >= 11 is 0. The van der Waals surface area contributed by atoms with Crippen molar-refractivity contribution in [3.8, 4) is 0 Å². The molecule has 1 rings (SSSR count). The van der Waals surface area contributed by atoms with Crippen LogP contribution >= 0.6 is 0 Å². The van der Waals surface area contributed by atoms with Crippen LogP contribution in [-0.2, 0) is 0 Å². The Morgan fingerprint density at radius 2 is 1.53 bits per heavy atom. The van der Waals surface area contributed by atoms with Crippen LogP contribution in [0.5, 0.6) is 0 Å². The van der Waals surface area contributed by atoms with Gasteiger partial charge in [-0.25, -0.2) is 0 Å². The molecule has 102 valence electrons. The van der Waals surface area contributed by atoms with Gasteiger partial charge in [0.2, 0.25) is 0 Å². The molecule has 1 aromatic rings. The van der Waals surface area contributed by atoms with E-state index in [1.54, 1.807) is 13.8 Å². The molecule has 0 spiro atoms. The quantitative estimate of drug-likeness (QED) is 0.444. The lowest BCUT2D eigenvalue weighted by Gasteiger charge is -2.20. The number of anilines is 1. The van der Waals surface area contributed by atoms with Crippen LogP contribution in [0.15, 0.2) is 12.1 Å². The average Bonchev–Trinajstić information content (AvgIpc) is 2.39. The van der Waals surface area contributed by atoms with Crippen molar-refractivity contribution in [3.05, 3.63) is 37.9 Å². The molecule has 0 radical (unpaired) electrons. The van der Waals surface area contributed by atoms with E-state index in [9.17, 15) is 25.0 Å². The van der Waals surface area contributed by atoms with Gasteiger partial charge in [-0.15, -0.1) is 0 Å². The Labute approximate surface area is 108 Å². The maximum Gasteiger partial charge on any atom is 0.300 e. The number of nitrogens with zero attached hydrogens (tertiary/aromatic N) is 3. The number of carbonyl (C=O) groups is 1. The number of aldehydes is 1. The molecule has 0 bridgehead atoms. The van der Waals surface area contributed by atoms with Crippen LogP contribution in [0.3, 0.4) is 0 Å². The molecular weight excluding hydrogens is 254 g/mol. The topological polar surface area (TPSA) is 107 Å². The zero-order chi connectivity index (χ0) is 14.6. The zero-order valence-corrected chi connectivity index (χ0v) is 10.5. The average molecular weight is 267 g/mol. The standard InChI is InChI=1S/C11H13N3O5/c1-3-12(4-2)11-9(13(16)17)5-8(7-15)6-10(11)14(18)19/h5-7H,3-4H2,1-2H3. The maximum absolute atomic E-state index is 11.0. The number of nitro groups is 2. The van der Waals surface area contributed by atoms with Crippen molar-refractivity contribution in [1.82, 2.24) is 0 Å². The molecule has 0 fully saturated rings. The maximum atomic E-state index is 11.0. The van der Waals surface area contributed by atoms with E-state index in [4.69, 9.17) is 0 Å². The molecular formula is C11H13N3O5. The molecule has 0 atom stereocenters. The van der Waals surface area contributed by atoms with E-state index in [0.29, 0.717) is 19.4 Å². The SMILES string of the molecule is CCN(CC)c1c([N+](=O)[O-])cc(C=O)cc1[N+](=O)[O-]. The van der Waals surface area contributed by atoms with E-state index in [1.807, 2.05) is 0 Å². The van der Waals surface area contributed by atoms with Gasteiger partial charge >= 0.3 is 0 Å². The lowest BCUT2D eigenvalue weighted by Crippen LogP contribution is -2.24. The third kappa shape index (κ3) is 2.84. The van der Waals surface area contributed by atoms with Crippen molar-refractivity contribution in [2.24, 2.45) is 0 Å². The first-order valence-electron chi connectivity index (χ1n) is 5.63. The molecule has 0 amide bonds. The highest BCUT2D eigenvalue weighted by Crippen LogP contribution is 2.38. The van der Waals surface area contributed by atoms with Gasteiger partial charge in [0.1, 0.15) is 0 Å². The predicted molar refractivity (Wildman–Crippen MR) is 68.7 cm³/mol. The van der Waals surface area contributed by atoms with Crippen molar-refractivity contribution in [1.29, 1.82) is 0 Å². The summed E-state index contributed by atoms with van der Waals surface area (Å²) in [6.07, 6.45) is 0.353. The number of benzene rings is 1. The molecule has 0 unspecified atom stereocenters. The van der Waals surface area contributed by atoms with Gasteiger partial charge in [-0.2, -0.15) is 0 Å². The van der Waals surface area contributed by atoms with Crippen LogP contribution in [0, 0.1) is 20.2 Å². The van der Waals surface area contributed by atoms with Crippen molar-refractivity contribution in [2.45, 2.75) is 13.8 Å².